The van der Waals surface area contributed by atoms with Crippen LogP contribution >= 0.6 is 11.6 Å². The molecule has 1 aliphatic heterocycles. The summed E-state index contributed by atoms with van der Waals surface area (Å²) in [5.74, 6) is 1.99. The fourth-order valence-electron chi connectivity index (χ4n) is 3.81. The first-order valence-electron chi connectivity index (χ1n) is 8.67. The van der Waals surface area contributed by atoms with Crippen molar-refractivity contribution >= 4 is 23.2 Å². The van der Waals surface area contributed by atoms with Gasteiger partial charge in [0.2, 0.25) is 12.7 Å². The second-order valence-electron chi connectivity index (χ2n) is 6.66. The molecule has 0 atom stereocenters. The van der Waals surface area contributed by atoms with Crippen LogP contribution in [0.4, 0.5) is 5.69 Å². The third-order valence-corrected chi connectivity index (χ3v) is 5.52. The molecule has 0 radical (unpaired) electrons. The van der Waals surface area contributed by atoms with Crippen LogP contribution in [0.2, 0.25) is 5.02 Å². The number of anilines is 1. The SMILES string of the molecule is COc1ccc(NC(=O)C2(c3ccc4c(c3)OCO4)CCCC2)cc1Cl. The number of halogens is 1. The molecule has 1 amide bonds. The highest BCUT2D eigenvalue weighted by molar-refractivity contribution is 6.32. The van der Waals surface area contributed by atoms with Crippen molar-refractivity contribution in [3.8, 4) is 17.2 Å². The number of hydrogen-bond acceptors (Lipinski definition) is 4. The molecule has 4 rings (SSSR count). The first kappa shape index (κ1) is 17.0. The smallest absolute Gasteiger partial charge is 0.235 e. The van der Waals surface area contributed by atoms with Crippen molar-refractivity contribution in [3.63, 3.8) is 0 Å². The maximum atomic E-state index is 13.2. The monoisotopic (exact) mass is 373 g/mol. The largest absolute Gasteiger partial charge is 0.495 e. The minimum absolute atomic E-state index is 0.0184. The predicted molar refractivity (Wildman–Crippen MR) is 99.3 cm³/mol. The van der Waals surface area contributed by atoms with Crippen LogP contribution in [0.3, 0.4) is 0 Å². The number of ether oxygens (including phenoxy) is 3. The van der Waals surface area contributed by atoms with Crippen LogP contribution in [0.1, 0.15) is 31.2 Å². The summed E-state index contributed by atoms with van der Waals surface area (Å²) in [6.45, 7) is 0.225. The Bertz CT molecular complexity index is 846. The summed E-state index contributed by atoms with van der Waals surface area (Å²) in [7, 11) is 1.56. The molecule has 5 nitrogen and oxygen atoms in total. The van der Waals surface area contributed by atoms with Gasteiger partial charge in [0.15, 0.2) is 11.5 Å². The van der Waals surface area contributed by atoms with Gasteiger partial charge in [0.05, 0.1) is 17.5 Å². The van der Waals surface area contributed by atoms with Crippen LogP contribution in [0.25, 0.3) is 0 Å². The zero-order valence-corrected chi connectivity index (χ0v) is 15.3. The Hall–Kier alpha value is -2.40. The Morgan fingerprint density at radius 2 is 1.88 bits per heavy atom. The maximum Gasteiger partial charge on any atom is 0.235 e. The number of nitrogens with one attached hydrogen (secondary N) is 1. The number of fused-ring (bicyclic) bond motifs is 1. The summed E-state index contributed by atoms with van der Waals surface area (Å²) in [5, 5.41) is 3.50. The van der Waals surface area contributed by atoms with Crippen LogP contribution in [-0.4, -0.2) is 19.8 Å². The highest BCUT2D eigenvalue weighted by atomic mass is 35.5. The molecule has 136 valence electrons. The van der Waals surface area contributed by atoms with E-state index in [0.29, 0.717) is 22.2 Å². The standard InChI is InChI=1S/C20H20ClNO4/c1-24-16-7-5-14(11-15(16)21)22-19(23)20(8-2-3-9-20)13-4-6-17-18(10-13)26-12-25-17/h4-7,10-11H,2-3,8-9,12H2,1H3,(H,22,23). The molecule has 0 saturated heterocycles. The minimum atomic E-state index is -0.562. The van der Waals surface area contributed by atoms with Gasteiger partial charge >= 0.3 is 0 Å². The Morgan fingerprint density at radius 1 is 1.12 bits per heavy atom. The van der Waals surface area contributed by atoms with E-state index in [-0.39, 0.29) is 12.7 Å². The maximum absolute atomic E-state index is 13.2. The van der Waals surface area contributed by atoms with Crippen molar-refractivity contribution in [1.29, 1.82) is 0 Å². The van der Waals surface area contributed by atoms with Gasteiger partial charge in [0.25, 0.3) is 0 Å². The van der Waals surface area contributed by atoms with Crippen LogP contribution in [0.5, 0.6) is 17.2 Å². The zero-order chi connectivity index (χ0) is 18.1. The molecule has 2 aliphatic rings. The minimum Gasteiger partial charge on any atom is -0.495 e. The van der Waals surface area contributed by atoms with Crippen molar-refractivity contribution in [2.75, 3.05) is 19.2 Å². The molecule has 2 aromatic carbocycles. The lowest BCUT2D eigenvalue weighted by Crippen LogP contribution is -2.38. The number of amides is 1. The average molecular weight is 374 g/mol. The van der Waals surface area contributed by atoms with Gasteiger partial charge in [0, 0.05) is 5.69 Å². The summed E-state index contributed by atoms with van der Waals surface area (Å²) in [6, 6.07) is 11.0. The lowest BCUT2D eigenvalue weighted by atomic mass is 9.77. The Kier molecular flexibility index (Phi) is 4.41. The second kappa shape index (κ2) is 6.72. The molecule has 6 heteroatoms. The van der Waals surface area contributed by atoms with E-state index in [9.17, 15) is 4.79 Å². The summed E-state index contributed by atoms with van der Waals surface area (Å²) in [6.07, 6.45) is 3.65. The molecular weight excluding hydrogens is 354 g/mol. The molecule has 1 N–H and O–H groups in total. The predicted octanol–water partition coefficient (Wildman–Crippen LogP) is 4.53. The van der Waals surface area contributed by atoms with Crippen LogP contribution < -0.4 is 19.5 Å². The number of carbonyl (C=O) groups excluding carboxylic acids is 1. The molecule has 0 bridgehead atoms. The summed E-state index contributed by atoms with van der Waals surface area (Å²) in [4.78, 5) is 13.2. The third kappa shape index (κ3) is 2.86. The average Bonchev–Trinajstić information content (AvgIpc) is 3.31. The van der Waals surface area contributed by atoms with Gasteiger partial charge in [-0.25, -0.2) is 0 Å². The molecule has 0 aromatic heterocycles. The Balaban J connectivity index is 1.63. The van der Waals surface area contributed by atoms with Gasteiger partial charge in [-0.1, -0.05) is 30.5 Å². The Morgan fingerprint density at radius 3 is 2.62 bits per heavy atom. The zero-order valence-electron chi connectivity index (χ0n) is 14.5. The molecule has 1 aliphatic carbocycles. The van der Waals surface area contributed by atoms with Gasteiger partial charge in [0.1, 0.15) is 5.75 Å². The van der Waals surface area contributed by atoms with Crippen molar-refractivity contribution in [2.24, 2.45) is 0 Å². The van der Waals surface area contributed by atoms with Crippen LogP contribution in [-0.2, 0) is 10.2 Å². The summed E-state index contributed by atoms with van der Waals surface area (Å²) in [5.41, 5.74) is 1.07. The number of benzene rings is 2. The first-order valence-corrected chi connectivity index (χ1v) is 9.05. The van der Waals surface area contributed by atoms with Crippen molar-refractivity contribution in [2.45, 2.75) is 31.1 Å². The van der Waals surface area contributed by atoms with Gasteiger partial charge in [-0.2, -0.15) is 0 Å². The van der Waals surface area contributed by atoms with E-state index in [4.69, 9.17) is 25.8 Å². The van der Waals surface area contributed by atoms with E-state index in [1.165, 1.54) is 0 Å². The third-order valence-electron chi connectivity index (χ3n) is 5.23. The normalized spacial score (nSPS) is 17.2. The van der Waals surface area contributed by atoms with E-state index in [0.717, 1.165) is 37.0 Å². The number of carbonyl (C=O) groups is 1. The highest BCUT2D eigenvalue weighted by Gasteiger charge is 2.43. The molecule has 1 heterocycles. The fourth-order valence-corrected chi connectivity index (χ4v) is 4.07. The second-order valence-corrected chi connectivity index (χ2v) is 7.07. The van der Waals surface area contributed by atoms with Gasteiger partial charge < -0.3 is 19.5 Å². The molecule has 0 unspecified atom stereocenters. The highest BCUT2D eigenvalue weighted by Crippen LogP contribution is 2.45. The number of hydrogen-bond donors (Lipinski definition) is 1. The number of methoxy groups -OCH3 is 1. The summed E-state index contributed by atoms with van der Waals surface area (Å²) >= 11 is 6.18. The molecule has 26 heavy (non-hydrogen) atoms. The van der Waals surface area contributed by atoms with E-state index in [2.05, 4.69) is 5.32 Å². The van der Waals surface area contributed by atoms with Gasteiger partial charge in [-0.05, 0) is 48.7 Å². The van der Waals surface area contributed by atoms with Crippen molar-refractivity contribution in [1.82, 2.24) is 0 Å². The van der Waals surface area contributed by atoms with Gasteiger partial charge in [-0.15, -0.1) is 0 Å². The van der Waals surface area contributed by atoms with E-state index in [1.807, 2.05) is 18.2 Å². The van der Waals surface area contributed by atoms with Crippen LogP contribution in [0.15, 0.2) is 36.4 Å². The van der Waals surface area contributed by atoms with E-state index < -0.39 is 5.41 Å². The first-order chi connectivity index (χ1) is 12.6. The van der Waals surface area contributed by atoms with E-state index in [1.54, 1.807) is 25.3 Å². The van der Waals surface area contributed by atoms with Crippen LogP contribution in [0, 0.1) is 0 Å². The molecule has 1 fully saturated rings. The number of rotatable bonds is 4. The summed E-state index contributed by atoms with van der Waals surface area (Å²) < 4.78 is 16.1. The van der Waals surface area contributed by atoms with Crippen molar-refractivity contribution in [3.05, 3.63) is 47.0 Å². The topological polar surface area (TPSA) is 56.8 Å². The van der Waals surface area contributed by atoms with Crippen molar-refractivity contribution < 1.29 is 19.0 Å². The molecular formula is C20H20ClNO4. The molecule has 1 saturated carbocycles. The molecule has 2 aromatic rings. The fraction of sp³-hybridized carbons (Fsp3) is 0.350. The van der Waals surface area contributed by atoms with Gasteiger partial charge in [-0.3, -0.25) is 4.79 Å². The quantitative estimate of drug-likeness (QED) is 0.855. The molecule has 0 spiro atoms. The lowest BCUT2D eigenvalue weighted by Gasteiger charge is -2.28. The lowest BCUT2D eigenvalue weighted by molar-refractivity contribution is -0.121. The Labute approximate surface area is 157 Å². The van der Waals surface area contributed by atoms with E-state index >= 15 is 0 Å².